The van der Waals surface area contributed by atoms with Crippen molar-refractivity contribution in [2.24, 2.45) is 11.5 Å². The minimum Gasteiger partial charge on any atom is -0.448 e. The van der Waals surface area contributed by atoms with E-state index in [1.165, 1.54) is 0 Å². The summed E-state index contributed by atoms with van der Waals surface area (Å²) in [4.78, 5) is 43.1. The molecule has 0 radical (unpaired) electrons. The summed E-state index contributed by atoms with van der Waals surface area (Å²) in [5.74, 6) is -4.00. The monoisotopic (exact) mass is 232 g/mol. The van der Waals surface area contributed by atoms with Gasteiger partial charge in [-0.15, -0.1) is 0 Å². The van der Waals surface area contributed by atoms with Crippen molar-refractivity contribution in [3.8, 4) is 0 Å². The Morgan fingerprint density at radius 1 is 0.812 bits per heavy atom. The molecule has 0 aliphatic heterocycles. The van der Waals surface area contributed by atoms with Gasteiger partial charge >= 0.3 is 11.9 Å². The highest BCUT2D eigenvalue weighted by Gasteiger charge is 2.36. The maximum absolute atomic E-state index is 10.9. The lowest BCUT2D eigenvalue weighted by Crippen LogP contribution is -2.50. The first-order valence-electron chi connectivity index (χ1n) is 4.18. The second-order valence-corrected chi connectivity index (χ2v) is 2.86. The van der Waals surface area contributed by atoms with Crippen molar-refractivity contribution >= 4 is 23.8 Å². The first-order valence-corrected chi connectivity index (χ1v) is 4.18. The van der Waals surface area contributed by atoms with Gasteiger partial charge in [-0.2, -0.15) is 0 Å². The molecule has 16 heavy (non-hydrogen) atoms. The maximum Gasteiger partial charge on any atom is 0.303 e. The molecule has 0 bridgehead atoms. The Bertz CT molecular complexity index is 294. The van der Waals surface area contributed by atoms with E-state index in [2.05, 4.69) is 9.47 Å². The number of primary amides is 2. The van der Waals surface area contributed by atoms with Crippen molar-refractivity contribution in [2.75, 3.05) is 0 Å². The van der Waals surface area contributed by atoms with Gasteiger partial charge in [0.2, 0.25) is 12.2 Å². The highest BCUT2D eigenvalue weighted by Crippen LogP contribution is 2.05. The molecule has 0 saturated carbocycles. The van der Waals surface area contributed by atoms with Gasteiger partial charge in [-0.1, -0.05) is 0 Å². The average molecular weight is 232 g/mol. The summed E-state index contributed by atoms with van der Waals surface area (Å²) in [6.07, 6.45) is -3.45. The molecule has 8 nitrogen and oxygen atoms in total. The van der Waals surface area contributed by atoms with E-state index in [0.717, 1.165) is 13.8 Å². The Morgan fingerprint density at radius 2 is 1.06 bits per heavy atom. The maximum atomic E-state index is 10.9. The van der Waals surface area contributed by atoms with Crippen molar-refractivity contribution in [1.82, 2.24) is 0 Å². The summed E-state index contributed by atoms with van der Waals surface area (Å²) in [5, 5.41) is 0. The number of amides is 2. The van der Waals surface area contributed by atoms with Crippen molar-refractivity contribution < 1.29 is 28.7 Å². The molecule has 0 aromatic carbocycles. The molecule has 4 N–H and O–H groups in total. The molecule has 0 rings (SSSR count). The van der Waals surface area contributed by atoms with Crippen LogP contribution in [0.15, 0.2) is 0 Å². The normalized spacial score (nSPS) is 13.4. The number of hydrogen-bond acceptors (Lipinski definition) is 6. The molecule has 90 valence electrons. The lowest BCUT2D eigenvalue weighted by Gasteiger charge is -2.20. The Balaban J connectivity index is 4.93. The smallest absolute Gasteiger partial charge is 0.303 e. The van der Waals surface area contributed by atoms with Crippen LogP contribution in [0, 0.1) is 0 Å². The van der Waals surface area contributed by atoms with Crippen LogP contribution in [0.5, 0.6) is 0 Å². The van der Waals surface area contributed by atoms with Crippen LogP contribution in [-0.4, -0.2) is 36.0 Å². The van der Waals surface area contributed by atoms with E-state index >= 15 is 0 Å². The highest BCUT2D eigenvalue weighted by molar-refractivity contribution is 5.92. The van der Waals surface area contributed by atoms with Gasteiger partial charge in [-0.25, -0.2) is 0 Å². The van der Waals surface area contributed by atoms with Gasteiger partial charge in [0.15, 0.2) is 0 Å². The van der Waals surface area contributed by atoms with Crippen molar-refractivity contribution in [1.29, 1.82) is 0 Å². The number of nitrogens with two attached hydrogens (primary N) is 2. The van der Waals surface area contributed by atoms with Gasteiger partial charge in [0, 0.05) is 13.8 Å². The van der Waals surface area contributed by atoms with E-state index in [9.17, 15) is 19.2 Å². The van der Waals surface area contributed by atoms with Crippen LogP contribution in [0.25, 0.3) is 0 Å². The number of rotatable bonds is 5. The summed E-state index contributed by atoms with van der Waals surface area (Å²) in [5.41, 5.74) is 9.77. The second-order valence-electron chi connectivity index (χ2n) is 2.86. The van der Waals surface area contributed by atoms with Crippen LogP contribution in [0.4, 0.5) is 0 Å². The molecule has 8 heteroatoms. The Kier molecular flexibility index (Phi) is 4.93. The van der Waals surface area contributed by atoms with Crippen LogP contribution < -0.4 is 11.5 Å². The standard InChI is InChI=1S/C8H12N2O6/c1-3(11)15-5(7(9)13)6(8(10)14)16-4(2)12/h5-6H,1-2H3,(H2,9,13)(H2,10,14)/t5-,6+. The van der Waals surface area contributed by atoms with E-state index in [1.54, 1.807) is 0 Å². The SMILES string of the molecule is CC(=O)O[C@H](C(N)=O)[C@@H](OC(C)=O)C(N)=O. The summed E-state index contributed by atoms with van der Waals surface area (Å²) in [6, 6.07) is 0. The molecule has 0 aromatic heterocycles. The second kappa shape index (κ2) is 5.69. The van der Waals surface area contributed by atoms with Crippen LogP contribution >= 0.6 is 0 Å². The molecule has 0 aliphatic carbocycles. The zero-order chi connectivity index (χ0) is 12.9. The van der Waals surface area contributed by atoms with Crippen molar-refractivity contribution in [3.63, 3.8) is 0 Å². The minimum absolute atomic E-state index is 0.859. The molecule has 0 aromatic rings. The van der Waals surface area contributed by atoms with Crippen LogP contribution in [0.1, 0.15) is 13.8 Å². The topological polar surface area (TPSA) is 139 Å². The zero-order valence-electron chi connectivity index (χ0n) is 8.76. The van der Waals surface area contributed by atoms with Gasteiger partial charge in [-0.3, -0.25) is 19.2 Å². The van der Waals surface area contributed by atoms with Gasteiger partial charge < -0.3 is 20.9 Å². The van der Waals surface area contributed by atoms with Crippen LogP contribution in [0.3, 0.4) is 0 Å². The van der Waals surface area contributed by atoms with E-state index in [4.69, 9.17) is 11.5 Å². The number of ether oxygens (including phenoxy) is 2. The molecule has 0 saturated heterocycles. The summed E-state index contributed by atoms with van der Waals surface area (Å²) in [6.45, 7) is 2.00. The Morgan fingerprint density at radius 3 is 1.19 bits per heavy atom. The molecule has 2 amide bonds. The lowest BCUT2D eigenvalue weighted by molar-refractivity contribution is -0.172. The fourth-order valence-corrected chi connectivity index (χ4v) is 0.896. The molecule has 0 unspecified atom stereocenters. The van der Waals surface area contributed by atoms with E-state index in [1.807, 2.05) is 0 Å². The van der Waals surface area contributed by atoms with Gasteiger partial charge in [0.05, 0.1) is 0 Å². The Hall–Kier alpha value is -2.12. The molecule has 0 aliphatic rings. The van der Waals surface area contributed by atoms with E-state index < -0.39 is 36.0 Å². The van der Waals surface area contributed by atoms with E-state index in [0.29, 0.717) is 0 Å². The third kappa shape index (κ3) is 4.40. The molecular weight excluding hydrogens is 220 g/mol. The largest absolute Gasteiger partial charge is 0.448 e. The average Bonchev–Trinajstić information content (AvgIpc) is 2.09. The minimum atomic E-state index is -1.72. The van der Waals surface area contributed by atoms with Gasteiger partial charge in [-0.05, 0) is 0 Å². The fraction of sp³-hybridized carbons (Fsp3) is 0.500. The first-order chi connectivity index (χ1) is 7.25. The number of carbonyl (C=O) groups excluding carboxylic acids is 4. The third-order valence-corrected chi connectivity index (χ3v) is 1.42. The Labute approximate surface area is 90.8 Å². The molecule has 0 fully saturated rings. The quantitative estimate of drug-likeness (QED) is 0.516. The zero-order valence-corrected chi connectivity index (χ0v) is 8.76. The van der Waals surface area contributed by atoms with Gasteiger partial charge in [0.25, 0.3) is 11.8 Å². The third-order valence-electron chi connectivity index (χ3n) is 1.42. The predicted octanol–water partition coefficient (Wildman–Crippen LogP) is -2.18. The molecular formula is C8H12N2O6. The first kappa shape index (κ1) is 13.9. The molecule has 2 atom stereocenters. The lowest BCUT2D eigenvalue weighted by atomic mass is 10.2. The van der Waals surface area contributed by atoms with Crippen molar-refractivity contribution in [3.05, 3.63) is 0 Å². The summed E-state index contributed by atoms with van der Waals surface area (Å²) < 4.78 is 8.89. The van der Waals surface area contributed by atoms with Crippen LogP contribution in [-0.2, 0) is 28.7 Å². The number of esters is 2. The van der Waals surface area contributed by atoms with Gasteiger partial charge in [0.1, 0.15) is 0 Å². The van der Waals surface area contributed by atoms with E-state index in [-0.39, 0.29) is 0 Å². The number of hydrogen-bond donors (Lipinski definition) is 2. The highest BCUT2D eigenvalue weighted by atomic mass is 16.6. The van der Waals surface area contributed by atoms with Crippen LogP contribution in [0.2, 0.25) is 0 Å². The molecule has 0 heterocycles. The fourth-order valence-electron chi connectivity index (χ4n) is 0.896. The number of carbonyl (C=O) groups is 4. The van der Waals surface area contributed by atoms with Crippen molar-refractivity contribution in [2.45, 2.75) is 26.1 Å². The molecule has 0 spiro atoms. The predicted molar refractivity (Wildman–Crippen MR) is 49.5 cm³/mol. The summed E-state index contributed by atoms with van der Waals surface area (Å²) in [7, 11) is 0. The summed E-state index contributed by atoms with van der Waals surface area (Å²) >= 11 is 0.